The van der Waals surface area contributed by atoms with E-state index in [4.69, 9.17) is 10.7 Å². The van der Waals surface area contributed by atoms with Gasteiger partial charge in [0.2, 0.25) is 0 Å². The summed E-state index contributed by atoms with van der Waals surface area (Å²) in [6, 6.07) is 4.45. The molecule has 0 saturated heterocycles. The van der Waals surface area contributed by atoms with Crippen LogP contribution in [0.15, 0.2) is 29.3 Å². The predicted molar refractivity (Wildman–Crippen MR) is 69.2 cm³/mol. The summed E-state index contributed by atoms with van der Waals surface area (Å²) < 4.78 is 23.1. The van der Waals surface area contributed by atoms with Crippen LogP contribution in [0.5, 0.6) is 5.75 Å². The van der Waals surface area contributed by atoms with E-state index >= 15 is 0 Å². The Bertz CT molecular complexity index is 672. The fourth-order valence-electron chi connectivity index (χ4n) is 1.37. The van der Waals surface area contributed by atoms with Crippen molar-refractivity contribution in [3.05, 3.63) is 28.0 Å². The fourth-order valence-corrected chi connectivity index (χ4v) is 3.22. The molecule has 1 aromatic carbocycles. The van der Waals surface area contributed by atoms with Crippen LogP contribution in [0.1, 0.15) is 0 Å². The summed E-state index contributed by atoms with van der Waals surface area (Å²) in [4.78, 5) is 3.90. The van der Waals surface area contributed by atoms with Crippen molar-refractivity contribution < 1.29 is 13.5 Å². The lowest BCUT2D eigenvalue weighted by Gasteiger charge is -2.06. The zero-order chi connectivity index (χ0) is 11.9. The van der Waals surface area contributed by atoms with Gasteiger partial charge in [-0.2, -0.15) is 0 Å². The highest BCUT2D eigenvalue weighted by atomic mass is 127. The molecule has 0 spiro atoms. The first-order valence-electron chi connectivity index (χ1n) is 4.12. The molecule has 4 nitrogen and oxygen atoms in total. The molecule has 0 radical (unpaired) electrons. The average Bonchev–Trinajstić information content (AvgIpc) is 2.22. The van der Waals surface area contributed by atoms with Gasteiger partial charge in [0.05, 0.1) is 8.47 Å². The monoisotopic (exact) mass is 369 g/mol. The summed E-state index contributed by atoms with van der Waals surface area (Å²) in [5.74, 6) is -0.0414. The van der Waals surface area contributed by atoms with E-state index in [0.29, 0.717) is 8.96 Å². The zero-order valence-electron chi connectivity index (χ0n) is 7.68. The SMILES string of the molecule is O=S(=O)(Cl)c1cc(I)c(O)c2ncccc12. The van der Waals surface area contributed by atoms with Crippen LogP contribution in [0.25, 0.3) is 10.9 Å². The maximum atomic E-state index is 11.4. The summed E-state index contributed by atoms with van der Waals surface area (Å²) in [5, 5.41) is 10.1. The number of rotatable bonds is 1. The third-order valence-electron chi connectivity index (χ3n) is 2.04. The van der Waals surface area contributed by atoms with Gasteiger partial charge in [0, 0.05) is 22.3 Å². The standard InChI is InChI=1S/C9H5ClINO3S/c10-16(14,15)7-4-6(11)9(13)8-5(7)2-1-3-12-8/h1-4,13H. The van der Waals surface area contributed by atoms with Crippen molar-refractivity contribution in [1.29, 1.82) is 0 Å². The second kappa shape index (κ2) is 4.01. The molecule has 0 fully saturated rings. The minimum atomic E-state index is -3.85. The third-order valence-corrected chi connectivity index (χ3v) is 4.23. The maximum Gasteiger partial charge on any atom is 0.262 e. The van der Waals surface area contributed by atoms with E-state index in [2.05, 4.69) is 4.98 Å². The molecule has 0 amide bonds. The van der Waals surface area contributed by atoms with E-state index in [1.165, 1.54) is 12.3 Å². The highest BCUT2D eigenvalue weighted by molar-refractivity contribution is 14.1. The summed E-state index contributed by atoms with van der Waals surface area (Å²) in [5.41, 5.74) is 0.230. The lowest BCUT2D eigenvalue weighted by molar-refractivity contribution is 0.476. The van der Waals surface area contributed by atoms with E-state index in [9.17, 15) is 13.5 Å². The lowest BCUT2D eigenvalue weighted by atomic mass is 10.2. The molecule has 16 heavy (non-hydrogen) atoms. The number of fused-ring (bicyclic) bond motifs is 1. The number of phenolic OH excluding ortho intramolecular Hbond substituents is 1. The van der Waals surface area contributed by atoms with Gasteiger partial charge in [-0.3, -0.25) is 4.98 Å². The molecule has 2 aromatic rings. The van der Waals surface area contributed by atoms with Gasteiger partial charge >= 0.3 is 0 Å². The average molecular weight is 370 g/mol. The van der Waals surface area contributed by atoms with Crippen LogP contribution in [-0.4, -0.2) is 18.5 Å². The van der Waals surface area contributed by atoms with Crippen molar-refractivity contribution in [2.75, 3.05) is 0 Å². The largest absolute Gasteiger partial charge is 0.505 e. The molecule has 0 atom stereocenters. The summed E-state index contributed by atoms with van der Waals surface area (Å²) in [6.07, 6.45) is 1.47. The molecule has 0 bridgehead atoms. The molecule has 7 heteroatoms. The van der Waals surface area contributed by atoms with Crippen LogP contribution >= 0.6 is 33.3 Å². The Hall–Kier alpha value is -0.600. The Balaban J connectivity index is 3.02. The van der Waals surface area contributed by atoms with Crippen molar-refractivity contribution in [2.24, 2.45) is 0 Å². The molecular formula is C9H5ClINO3S. The molecule has 0 unspecified atom stereocenters. The molecule has 0 aliphatic heterocycles. The number of benzene rings is 1. The Labute approximate surface area is 110 Å². The lowest BCUT2D eigenvalue weighted by Crippen LogP contribution is -1.95. The van der Waals surface area contributed by atoms with Gasteiger partial charge in [0.15, 0.2) is 5.75 Å². The number of phenols is 1. The van der Waals surface area contributed by atoms with Crippen LogP contribution < -0.4 is 0 Å². The molecular weight excluding hydrogens is 365 g/mol. The van der Waals surface area contributed by atoms with Crippen molar-refractivity contribution >= 4 is 53.2 Å². The number of nitrogens with zero attached hydrogens (tertiary/aromatic N) is 1. The van der Waals surface area contributed by atoms with E-state index in [-0.39, 0.29) is 16.2 Å². The Morgan fingerprint density at radius 3 is 2.75 bits per heavy atom. The number of hydrogen-bond donors (Lipinski definition) is 1. The minimum absolute atomic E-state index is 0.0414. The van der Waals surface area contributed by atoms with Crippen LogP contribution in [0, 0.1) is 3.57 Å². The smallest absolute Gasteiger partial charge is 0.262 e. The van der Waals surface area contributed by atoms with Gasteiger partial charge in [-0.25, -0.2) is 8.42 Å². The Morgan fingerprint density at radius 2 is 2.12 bits per heavy atom. The molecule has 0 aliphatic carbocycles. The number of pyridine rings is 1. The van der Waals surface area contributed by atoms with Crippen molar-refractivity contribution in [3.8, 4) is 5.75 Å². The summed E-state index contributed by atoms with van der Waals surface area (Å²) in [6.45, 7) is 0. The van der Waals surface area contributed by atoms with Gasteiger partial charge in [-0.05, 0) is 40.8 Å². The van der Waals surface area contributed by atoms with E-state index in [1.54, 1.807) is 12.1 Å². The van der Waals surface area contributed by atoms with Gasteiger partial charge < -0.3 is 5.11 Å². The van der Waals surface area contributed by atoms with Crippen molar-refractivity contribution in [3.63, 3.8) is 0 Å². The molecule has 1 N–H and O–H groups in total. The van der Waals surface area contributed by atoms with Crippen LogP contribution in [0.4, 0.5) is 0 Å². The normalized spacial score (nSPS) is 11.9. The molecule has 2 rings (SSSR count). The summed E-state index contributed by atoms with van der Waals surface area (Å²) in [7, 11) is 1.47. The van der Waals surface area contributed by atoms with E-state index < -0.39 is 9.05 Å². The number of aromatic nitrogens is 1. The van der Waals surface area contributed by atoms with Crippen LogP contribution in [-0.2, 0) is 9.05 Å². The fraction of sp³-hybridized carbons (Fsp3) is 0. The maximum absolute atomic E-state index is 11.4. The summed E-state index contributed by atoms with van der Waals surface area (Å²) >= 11 is 1.82. The number of hydrogen-bond acceptors (Lipinski definition) is 4. The highest BCUT2D eigenvalue weighted by Crippen LogP contribution is 2.34. The quantitative estimate of drug-likeness (QED) is 0.619. The molecule has 1 aromatic heterocycles. The zero-order valence-corrected chi connectivity index (χ0v) is 11.4. The van der Waals surface area contributed by atoms with E-state index in [1.807, 2.05) is 22.6 Å². The first-order valence-corrected chi connectivity index (χ1v) is 7.51. The van der Waals surface area contributed by atoms with Gasteiger partial charge in [-0.1, -0.05) is 0 Å². The molecule has 0 aliphatic rings. The van der Waals surface area contributed by atoms with Gasteiger partial charge in [0.1, 0.15) is 5.52 Å². The Kier molecular flexibility index (Phi) is 2.97. The predicted octanol–water partition coefficient (Wildman–Crippen LogP) is 2.47. The molecule has 84 valence electrons. The third kappa shape index (κ3) is 1.96. The number of halogens is 2. The van der Waals surface area contributed by atoms with Crippen LogP contribution in [0.2, 0.25) is 0 Å². The van der Waals surface area contributed by atoms with E-state index in [0.717, 1.165) is 0 Å². The number of aromatic hydroxyl groups is 1. The first kappa shape index (κ1) is 11.9. The Morgan fingerprint density at radius 1 is 1.44 bits per heavy atom. The second-order valence-electron chi connectivity index (χ2n) is 3.04. The molecule has 0 saturated carbocycles. The van der Waals surface area contributed by atoms with Gasteiger partial charge in [-0.15, -0.1) is 0 Å². The van der Waals surface area contributed by atoms with Crippen molar-refractivity contribution in [2.45, 2.75) is 4.90 Å². The van der Waals surface area contributed by atoms with Crippen molar-refractivity contribution in [1.82, 2.24) is 4.98 Å². The second-order valence-corrected chi connectivity index (χ2v) is 6.74. The highest BCUT2D eigenvalue weighted by Gasteiger charge is 2.18. The van der Waals surface area contributed by atoms with Crippen LogP contribution in [0.3, 0.4) is 0 Å². The minimum Gasteiger partial charge on any atom is -0.505 e. The van der Waals surface area contributed by atoms with Gasteiger partial charge in [0.25, 0.3) is 9.05 Å². The topological polar surface area (TPSA) is 67.3 Å². The first-order chi connectivity index (χ1) is 7.41. The molecule has 1 heterocycles.